The SMILES string of the molecule is C=C.Cc1cccnc1.Cc1nc(CN2CCCC2)c(F)c(N2CCN(C)CC2)n1. The average Bonchev–Trinajstić information content (AvgIpc) is 3.27. The topological polar surface area (TPSA) is 48.4 Å². The molecule has 6 nitrogen and oxygen atoms in total. The molecule has 4 heterocycles. The van der Waals surface area contributed by atoms with Crippen molar-refractivity contribution in [1.82, 2.24) is 24.8 Å². The van der Waals surface area contributed by atoms with Gasteiger partial charge in [-0.15, -0.1) is 13.2 Å². The van der Waals surface area contributed by atoms with E-state index in [4.69, 9.17) is 0 Å². The summed E-state index contributed by atoms with van der Waals surface area (Å²) in [4.78, 5) is 19.2. The molecule has 164 valence electrons. The normalized spacial score (nSPS) is 17.0. The number of halogens is 1. The van der Waals surface area contributed by atoms with Gasteiger partial charge < -0.3 is 9.80 Å². The third-order valence-electron chi connectivity index (χ3n) is 5.20. The molecular weight excluding hydrogens is 379 g/mol. The standard InChI is InChI=1S/C15H24FN5.C6H7N.C2H4/c1-12-17-13(11-20-5-3-4-6-20)14(16)15(18-12)21-9-7-19(2)8-10-21;1-6-3-2-4-7-5-6;1-2/h3-11H2,1-2H3;2-5H,1H3;1-2H2. The number of aryl methyl sites for hydroxylation is 2. The van der Waals surface area contributed by atoms with Gasteiger partial charge in [-0.25, -0.2) is 14.4 Å². The molecule has 4 rings (SSSR count). The van der Waals surface area contributed by atoms with Gasteiger partial charge in [0, 0.05) is 45.1 Å². The van der Waals surface area contributed by atoms with E-state index in [1.54, 1.807) is 6.20 Å². The molecule has 0 N–H and O–H groups in total. The van der Waals surface area contributed by atoms with E-state index in [1.165, 1.54) is 18.4 Å². The van der Waals surface area contributed by atoms with E-state index in [1.807, 2.05) is 32.2 Å². The molecule has 0 spiro atoms. The molecule has 2 aliphatic heterocycles. The van der Waals surface area contributed by atoms with Crippen LogP contribution in [0.3, 0.4) is 0 Å². The zero-order valence-electron chi connectivity index (χ0n) is 18.6. The van der Waals surface area contributed by atoms with E-state index in [0.29, 0.717) is 23.9 Å². The molecule has 2 aromatic rings. The van der Waals surface area contributed by atoms with E-state index in [9.17, 15) is 4.39 Å². The predicted molar refractivity (Wildman–Crippen MR) is 121 cm³/mol. The van der Waals surface area contributed by atoms with Crippen LogP contribution in [0.1, 0.15) is 29.9 Å². The van der Waals surface area contributed by atoms with Crippen LogP contribution in [0.25, 0.3) is 0 Å². The molecule has 0 radical (unpaired) electrons. The highest BCUT2D eigenvalue weighted by atomic mass is 19.1. The molecule has 0 saturated carbocycles. The number of hydrogen-bond acceptors (Lipinski definition) is 6. The van der Waals surface area contributed by atoms with E-state index in [-0.39, 0.29) is 5.82 Å². The number of pyridine rings is 1. The minimum Gasteiger partial charge on any atom is -0.352 e. The average molecular weight is 415 g/mol. The van der Waals surface area contributed by atoms with Crippen molar-refractivity contribution < 1.29 is 4.39 Å². The third-order valence-corrected chi connectivity index (χ3v) is 5.20. The number of anilines is 1. The predicted octanol–water partition coefficient (Wildman–Crippen LogP) is 3.46. The Morgan fingerprint density at radius 1 is 1.00 bits per heavy atom. The van der Waals surface area contributed by atoms with Crippen LogP contribution in [-0.4, -0.2) is 71.1 Å². The highest BCUT2D eigenvalue weighted by Crippen LogP contribution is 2.22. The third kappa shape index (κ3) is 7.15. The zero-order chi connectivity index (χ0) is 21.9. The fraction of sp³-hybridized carbons (Fsp3) is 0.522. The molecular formula is C23H35FN6. The lowest BCUT2D eigenvalue weighted by molar-refractivity contribution is 0.307. The Labute approximate surface area is 180 Å². The van der Waals surface area contributed by atoms with Gasteiger partial charge in [0.25, 0.3) is 0 Å². The molecule has 0 bridgehead atoms. The van der Waals surface area contributed by atoms with Crippen molar-refractivity contribution in [2.45, 2.75) is 33.2 Å². The molecule has 2 aromatic heterocycles. The molecule has 2 saturated heterocycles. The number of nitrogens with zero attached hydrogens (tertiary/aromatic N) is 6. The van der Waals surface area contributed by atoms with Gasteiger partial charge in [0.1, 0.15) is 5.82 Å². The Kier molecular flexibility index (Phi) is 9.83. The first-order valence-electron chi connectivity index (χ1n) is 10.6. The summed E-state index contributed by atoms with van der Waals surface area (Å²) < 4.78 is 14.8. The summed E-state index contributed by atoms with van der Waals surface area (Å²) in [7, 11) is 2.09. The van der Waals surface area contributed by atoms with Crippen molar-refractivity contribution in [3.05, 3.63) is 60.6 Å². The largest absolute Gasteiger partial charge is 0.352 e. The summed E-state index contributed by atoms with van der Waals surface area (Å²) in [5.74, 6) is 0.932. The van der Waals surface area contributed by atoms with Gasteiger partial charge in [-0.1, -0.05) is 6.07 Å². The fourth-order valence-corrected chi connectivity index (χ4v) is 3.53. The van der Waals surface area contributed by atoms with Crippen LogP contribution in [0.15, 0.2) is 37.7 Å². The molecule has 0 unspecified atom stereocenters. The van der Waals surface area contributed by atoms with Crippen LogP contribution < -0.4 is 4.90 Å². The van der Waals surface area contributed by atoms with Gasteiger partial charge in [0.05, 0.1) is 5.69 Å². The summed E-state index contributed by atoms with van der Waals surface area (Å²) in [6.45, 7) is 16.1. The van der Waals surface area contributed by atoms with Crippen LogP contribution in [0, 0.1) is 19.7 Å². The highest BCUT2D eigenvalue weighted by molar-refractivity contribution is 5.42. The van der Waals surface area contributed by atoms with Gasteiger partial charge in [0.15, 0.2) is 11.6 Å². The van der Waals surface area contributed by atoms with E-state index < -0.39 is 0 Å². The fourth-order valence-electron chi connectivity index (χ4n) is 3.53. The second-order valence-electron chi connectivity index (χ2n) is 7.66. The molecule has 0 aliphatic carbocycles. The summed E-state index contributed by atoms with van der Waals surface area (Å²) in [5.41, 5.74) is 1.76. The maximum atomic E-state index is 14.8. The van der Waals surface area contributed by atoms with Crippen molar-refractivity contribution in [2.24, 2.45) is 0 Å². The Morgan fingerprint density at radius 2 is 1.67 bits per heavy atom. The Balaban J connectivity index is 0.000000299. The molecule has 2 fully saturated rings. The van der Waals surface area contributed by atoms with E-state index >= 15 is 0 Å². The number of hydrogen-bond donors (Lipinski definition) is 0. The number of aromatic nitrogens is 3. The number of likely N-dealkylation sites (N-methyl/N-ethyl adjacent to an activating group) is 1. The minimum absolute atomic E-state index is 0.225. The second kappa shape index (κ2) is 12.3. The summed E-state index contributed by atoms with van der Waals surface area (Å²) in [6.07, 6.45) is 6.01. The first-order valence-corrected chi connectivity index (χ1v) is 10.6. The van der Waals surface area contributed by atoms with Crippen LogP contribution in [0.5, 0.6) is 0 Å². The Morgan fingerprint density at radius 3 is 2.20 bits per heavy atom. The molecule has 30 heavy (non-hydrogen) atoms. The summed E-state index contributed by atoms with van der Waals surface area (Å²) >= 11 is 0. The van der Waals surface area contributed by atoms with Crippen LogP contribution in [0.2, 0.25) is 0 Å². The molecule has 0 amide bonds. The van der Waals surface area contributed by atoms with Crippen molar-refractivity contribution in [3.63, 3.8) is 0 Å². The number of likely N-dealkylation sites (tertiary alicyclic amines) is 1. The Bertz CT molecular complexity index is 756. The van der Waals surface area contributed by atoms with E-state index in [2.05, 4.69) is 49.9 Å². The van der Waals surface area contributed by atoms with Crippen molar-refractivity contribution in [3.8, 4) is 0 Å². The van der Waals surface area contributed by atoms with Crippen LogP contribution >= 0.6 is 0 Å². The van der Waals surface area contributed by atoms with Gasteiger partial charge in [-0.3, -0.25) is 9.88 Å². The Hall–Kier alpha value is -2.38. The minimum atomic E-state index is -0.225. The smallest absolute Gasteiger partial charge is 0.188 e. The van der Waals surface area contributed by atoms with Crippen molar-refractivity contribution >= 4 is 5.82 Å². The maximum Gasteiger partial charge on any atom is 0.188 e. The zero-order valence-corrected chi connectivity index (χ0v) is 18.6. The van der Waals surface area contributed by atoms with Crippen LogP contribution in [0.4, 0.5) is 10.2 Å². The number of piperazine rings is 1. The van der Waals surface area contributed by atoms with Gasteiger partial charge in [-0.2, -0.15) is 0 Å². The highest BCUT2D eigenvalue weighted by Gasteiger charge is 2.23. The monoisotopic (exact) mass is 414 g/mol. The molecule has 7 heteroatoms. The van der Waals surface area contributed by atoms with Crippen LogP contribution in [-0.2, 0) is 6.54 Å². The lowest BCUT2D eigenvalue weighted by Crippen LogP contribution is -2.45. The van der Waals surface area contributed by atoms with E-state index in [0.717, 1.165) is 39.3 Å². The first-order chi connectivity index (χ1) is 14.5. The van der Waals surface area contributed by atoms with Gasteiger partial charge >= 0.3 is 0 Å². The molecule has 0 aromatic carbocycles. The molecule has 2 aliphatic rings. The van der Waals surface area contributed by atoms with Crippen molar-refractivity contribution in [2.75, 3.05) is 51.2 Å². The number of rotatable bonds is 3. The first kappa shape index (κ1) is 23.9. The lowest BCUT2D eigenvalue weighted by atomic mass is 10.2. The van der Waals surface area contributed by atoms with Crippen molar-refractivity contribution in [1.29, 1.82) is 0 Å². The molecule has 0 atom stereocenters. The van der Waals surface area contributed by atoms with Gasteiger partial charge in [0.2, 0.25) is 0 Å². The lowest BCUT2D eigenvalue weighted by Gasteiger charge is -2.33. The van der Waals surface area contributed by atoms with Gasteiger partial charge in [-0.05, 0) is 58.5 Å². The quantitative estimate of drug-likeness (QED) is 0.717. The second-order valence-corrected chi connectivity index (χ2v) is 7.66. The maximum absolute atomic E-state index is 14.8. The summed E-state index contributed by atoms with van der Waals surface area (Å²) in [6, 6.07) is 3.95. The summed E-state index contributed by atoms with van der Waals surface area (Å²) in [5, 5.41) is 0.